The van der Waals surface area contributed by atoms with Gasteiger partial charge in [-0.15, -0.1) is 0 Å². The molecule has 6 nitrogen and oxygen atoms in total. The molecule has 0 spiro atoms. The van der Waals surface area contributed by atoms with Crippen LogP contribution < -0.4 is 4.74 Å². The molecule has 0 saturated carbocycles. The maximum atomic E-state index is 12.5. The Bertz CT molecular complexity index is 605. The van der Waals surface area contributed by atoms with Crippen molar-refractivity contribution < 1.29 is 24.5 Å². The van der Waals surface area contributed by atoms with Crippen molar-refractivity contribution in [2.45, 2.75) is 31.1 Å². The van der Waals surface area contributed by atoms with Gasteiger partial charge in [0, 0.05) is 24.4 Å². The number of amides is 1. The molecule has 0 bridgehead atoms. The predicted octanol–water partition coefficient (Wildman–Crippen LogP) is 0.690. The number of rotatable bonds is 2. The van der Waals surface area contributed by atoms with Crippen LogP contribution in [0.3, 0.4) is 0 Å². The number of benzene rings is 1. The third kappa shape index (κ3) is 2.56. The largest absolute Gasteiger partial charge is 0.480 e. The van der Waals surface area contributed by atoms with Crippen LogP contribution >= 0.6 is 11.6 Å². The fourth-order valence-corrected chi connectivity index (χ4v) is 3.03. The van der Waals surface area contributed by atoms with Crippen LogP contribution in [0.2, 0.25) is 5.02 Å². The second kappa shape index (κ2) is 5.20. The molecule has 0 radical (unpaired) electrons. The lowest BCUT2D eigenvalue weighted by Gasteiger charge is -2.24. The highest BCUT2D eigenvalue weighted by Gasteiger charge is 2.43. The van der Waals surface area contributed by atoms with E-state index in [1.807, 2.05) is 0 Å². The van der Waals surface area contributed by atoms with E-state index >= 15 is 0 Å². The van der Waals surface area contributed by atoms with Crippen molar-refractivity contribution in [2.24, 2.45) is 0 Å². The molecule has 7 heteroatoms. The number of hydrogen-bond acceptors (Lipinski definition) is 4. The van der Waals surface area contributed by atoms with E-state index in [0.29, 0.717) is 17.2 Å². The minimum Gasteiger partial charge on any atom is -0.480 e. The standard InChI is InChI=1S/C14H14ClNO5/c15-8-1-2-11-7(3-8)4-12(21-11)13(18)16-6-9(17)5-10(16)14(19)20/h1-3,9-10,12,17H,4-6H2,(H,19,20)/t9-,10-,12?/m1/s1. The number of aliphatic carboxylic acids is 1. The number of aliphatic hydroxyl groups excluding tert-OH is 1. The molecule has 112 valence electrons. The summed E-state index contributed by atoms with van der Waals surface area (Å²) in [5, 5.41) is 19.3. The van der Waals surface area contributed by atoms with Crippen molar-refractivity contribution >= 4 is 23.5 Å². The van der Waals surface area contributed by atoms with Gasteiger partial charge in [0.2, 0.25) is 0 Å². The number of nitrogens with zero attached hydrogens (tertiary/aromatic N) is 1. The number of carboxylic acids is 1. The van der Waals surface area contributed by atoms with E-state index in [4.69, 9.17) is 21.4 Å². The molecule has 1 saturated heterocycles. The van der Waals surface area contributed by atoms with Gasteiger partial charge in [-0.1, -0.05) is 11.6 Å². The average Bonchev–Trinajstić information content (AvgIpc) is 3.00. The smallest absolute Gasteiger partial charge is 0.326 e. The molecule has 2 heterocycles. The Morgan fingerprint density at radius 1 is 1.38 bits per heavy atom. The predicted molar refractivity (Wildman–Crippen MR) is 73.3 cm³/mol. The van der Waals surface area contributed by atoms with Crippen molar-refractivity contribution in [1.82, 2.24) is 4.90 Å². The van der Waals surface area contributed by atoms with E-state index in [2.05, 4.69) is 0 Å². The molecule has 1 aromatic carbocycles. The fourth-order valence-electron chi connectivity index (χ4n) is 2.83. The average molecular weight is 312 g/mol. The van der Waals surface area contributed by atoms with Crippen LogP contribution in [0, 0.1) is 0 Å². The van der Waals surface area contributed by atoms with Crippen LogP contribution in [0.25, 0.3) is 0 Å². The van der Waals surface area contributed by atoms with Crippen LogP contribution in [0.5, 0.6) is 5.75 Å². The summed E-state index contributed by atoms with van der Waals surface area (Å²) in [5.41, 5.74) is 0.826. The third-order valence-electron chi connectivity index (χ3n) is 3.82. The minimum absolute atomic E-state index is 0.0206. The minimum atomic E-state index is -1.11. The number of aliphatic hydroxyl groups is 1. The summed E-state index contributed by atoms with van der Waals surface area (Å²) >= 11 is 5.90. The number of fused-ring (bicyclic) bond motifs is 1. The molecule has 2 N–H and O–H groups in total. The molecule has 0 aromatic heterocycles. The monoisotopic (exact) mass is 311 g/mol. The van der Waals surface area contributed by atoms with Gasteiger partial charge in [-0.3, -0.25) is 4.79 Å². The number of halogens is 1. The van der Waals surface area contributed by atoms with Crippen LogP contribution in [0.15, 0.2) is 18.2 Å². The third-order valence-corrected chi connectivity index (χ3v) is 4.05. The van der Waals surface area contributed by atoms with Crippen LogP contribution in [-0.2, 0) is 16.0 Å². The van der Waals surface area contributed by atoms with Gasteiger partial charge in [0.05, 0.1) is 6.10 Å². The van der Waals surface area contributed by atoms with E-state index in [9.17, 15) is 14.7 Å². The Labute approximate surface area is 125 Å². The van der Waals surface area contributed by atoms with Crippen LogP contribution in [0.1, 0.15) is 12.0 Å². The second-order valence-corrected chi connectivity index (χ2v) is 5.73. The molecule has 1 unspecified atom stereocenters. The second-order valence-electron chi connectivity index (χ2n) is 5.30. The highest BCUT2D eigenvalue weighted by atomic mass is 35.5. The van der Waals surface area contributed by atoms with Gasteiger partial charge in [0.1, 0.15) is 11.8 Å². The van der Waals surface area contributed by atoms with Gasteiger partial charge in [0.25, 0.3) is 5.91 Å². The summed E-state index contributed by atoms with van der Waals surface area (Å²) in [6.45, 7) is 0.0206. The Kier molecular flexibility index (Phi) is 3.51. The number of ether oxygens (including phenoxy) is 1. The van der Waals surface area contributed by atoms with Crippen molar-refractivity contribution in [3.05, 3.63) is 28.8 Å². The Morgan fingerprint density at radius 2 is 2.14 bits per heavy atom. The molecule has 3 rings (SSSR count). The zero-order chi connectivity index (χ0) is 15.1. The molecule has 1 amide bonds. The molecule has 1 fully saturated rings. The fraction of sp³-hybridized carbons (Fsp3) is 0.429. The van der Waals surface area contributed by atoms with E-state index < -0.39 is 30.1 Å². The first-order valence-electron chi connectivity index (χ1n) is 6.62. The van der Waals surface area contributed by atoms with Crippen molar-refractivity contribution in [3.63, 3.8) is 0 Å². The molecule has 0 aliphatic carbocycles. The summed E-state index contributed by atoms with van der Waals surface area (Å²) in [5.74, 6) is -0.936. The highest BCUT2D eigenvalue weighted by Crippen LogP contribution is 2.32. The van der Waals surface area contributed by atoms with E-state index in [1.54, 1.807) is 18.2 Å². The van der Waals surface area contributed by atoms with Gasteiger partial charge in [-0.25, -0.2) is 4.79 Å². The Morgan fingerprint density at radius 3 is 2.86 bits per heavy atom. The SMILES string of the molecule is O=C(O)[C@H]1C[C@@H](O)CN1C(=O)C1Cc2cc(Cl)ccc2O1. The maximum Gasteiger partial charge on any atom is 0.326 e. The van der Waals surface area contributed by atoms with Crippen LogP contribution in [0.4, 0.5) is 0 Å². The lowest BCUT2D eigenvalue weighted by molar-refractivity contribution is -0.150. The Balaban J connectivity index is 1.77. The number of carbonyl (C=O) groups is 2. The van der Waals surface area contributed by atoms with E-state index in [-0.39, 0.29) is 13.0 Å². The number of β-amino-alcohol motifs (C(OH)–C–C–N with tert-alkyl or cyclic N) is 1. The van der Waals surface area contributed by atoms with E-state index in [1.165, 1.54) is 4.90 Å². The number of carboxylic acid groups (broad SMARTS) is 1. The number of hydrogen-bond donors (Lipinski definition) is 2. The number of likely N-dealkylation sites (tertiary alicyclic amines) is 1. The first kappa shape index (κ1) is 14.2. The van der Waals surface area contributed by atoms with Crippen LogP contribution in [-0.4, -0.2) is 51.8 Å². The van der Waals surface area contributed by atoms with Crippen molar-refractivity contribution in [2.75, 3.05) is 6.54 Å². The van der Waals surface area contributed by atoms with Gasteiger partial charge >= 0.3 is 5.97 Å². The van der Waals surface area contributed by atoms with Gasteiger partial charge < -0.3 is 19.8 Å². The van der Waals surface area contributed by atoms with Crippen molar-refractivity contribution in [1.29, 1.82) is 0 Å². The van der Waals surface area contributed by atoms with E-state index in [0.717, 1.165) is 5.56 Å². The summed E-state index contributed by atoms with van der Waals surface area (Å²) in [6, 6.07) is 4.10. The highest BCUT2D eigenvalue weighted by molar-refractivity contribution is 6.30. The zero-order valence-corrected chi connectivity index (χ0v) is 11.8. The summed E-state index contributed by atoms with van der Waals surface area (Å²) in [7, 11) is 0. The molecule has 3 atom stereocenters. The lowest BCUT2D eigenvalue weighted by atomic mass is 10.1. The summed E-state index contributed by atoms with van der Waals surface area (Å²) in [6.07, 6.45) is -1.17. The van der Waals surface area contributed by atoms with Gasteiger partial charge in [-0.2, -0.15) is 0 Å². The summed E-state index contributed by atoms with van der Waals surface area (Å²) in [4.78, 5) is 24.8. The molecule has 2 aliphatic rings. The number of carbonyl (C=O) groups excluding carboxylic acids is 1. The lowest BCUT2D eigenvalue weighted by Crippen LogP contribution is -2.47. The maximum absolute atomic E-state index is 12.5. The molecule has 21 heavy (non-hydrogen) atoms. The molecular formula is C14H14ClNO5. The topological polar surface area (TPSA) is 87.1 Å². The quantitative estimate of drug-likeness (QED) is 0.839. The van der Waals surface area contributed by atoms with Crippen molar-refractivity contribution in [3.8, 4) is 5.75 Å². The molecular weight excluding hydrogens is 298 g/mol. The first-order chi connectivity index (χ1) is 9.95. The molecule has 2 aliphatic heterocycles. The zero-order valence-electron chi connectivity index (χ0n) is 11.0. The normalized spacial score (nSPS) is 27.3. The first-order valence-corrected chi connectivity index (χ1v) is 7.00. The van der Waals surface area contributed by atoms with Gasteiger partial charge in [-0.05, 0) is 23.8 Å². The molecule has 1 aromatic rings. The Hall–Kier alpha value is -1.79. The summed E-state index contributed by atoms with van der Waals surface area (Å²) < 4.78 is 5.58. The van der Waals surface area contributed by atoms with Gasteiger partial charge in [0.15, 0.2) is 6.10 Å².